The summed E-state index contributed by atoms with van der Waals surface area (Å²) < 4.78 is 5.13. The SMILES string of the molecule is COc1ccc([N+](=O)[O-])c2c(CC(N)C(=O)O)c[nH]c12. The highest BCUT2D eigenvalue weighted by molar-refractivity contribution is 5.96. The first kappa shape index (κ1) is 13.8. The van der Waals surface area contributed by atoms with Crippen LogP contribution in [-0.4, -0.2) is 34.1 Å². The Morgan fingerprint density at radius 1 is 1.60 bits per heavy atom. The van der Waals surface area contributed by atoms with E-state index in [-0.39, 0.29) is 12.1 Å². The van der Waals surface area contributed by atoms with Crippen molar-refractivity contribution in [1.82, 2.24) is 4.98 Å². The Hall–Kier alpha value is -2.61. The summed E-state index contributed by atoms with van der Waals surface area (Å²) in [6.07, 6.45) is 1.51. The van der Waals surface area contributed by atoms with E-state index in [0.29, 0.717) is 22.2 Å². The van der Waals surface area contributed by atoms with E-state index in [4.69, 9.17) is 15.6 Å². The maximum atomic E-state index is 11.1. The zero-order valence-corrected chi connectivity index (χ0v) is 10.6. The molecule has 0 radical (unpaired) electrons. The van der Waals surface area contributed by atoms with Crippen LogP contribution in [0.2, 0.25) is 0 Å². The van der Waals surface area contributed by atoms with E-state index in [2.05, 4.69) is 4.98 Å². The lowest BCUT2D eigenvalue weighted by Crippen LogP contribution is -2.32. The zero-order valence-electron chi connectivity index (χ0n) is 10.6. The number of carboxylic acid groups (broad SMARTS) is 1. The number of benzene rings is 1. The molecule has 0 spiro atoms. The van der Waals surface area contributed by atoms with Crippen molar-refractivity contribution in [2.75, 3.05) is 7.11 Å². The second-order valence-corrected chi connectivity index (χ2v) is 4.26. The highest BCUT2D eigenvalue weighted by Crippen LogP contribution is 2.35. The smallest absolute Gasteiger partial charge is 0.320 e. The van der Waals surface area contributed by atoms with Crippen molar-refractivity contribution >= 4 is 22.6 Å². The van der Waals surface area contributed by atoms with Gasteiger partial charge in [-0.25, -0.2) is 0 Å². The fourth-order valence-electron chi connectivity index (χ4n) is 2.08. The van der Waals surface area contributed by atoms with Crippen LogP contribution in [0.15, 0.2) is 18.3 Å². The molecule has 2 aromatic rings. The maximum absolute atomic E-state index is 11.1. The van der Waals surface area contributed by atoms with Crippen molar-refractivity contribution in [3.8, 4) is 5.75 Å². The first-order valence-electron chi connectivity index (χ1n) is 5.75. The second-order valence-electron chi connectivity index (χ2n) is 4.26. The third-order valence-electron chi connectivity index (χ3n) is 3.03. The fraction of sp³-hybridized carbons (Fsp3) is 0.250. The quantitative estimate of drug-likeness (QED) is 0.553. The number of ether oxygens (including phenoxy) is 1. The lowest BCUT2D eigenvalue weighted by atomic mass is 10.0. The number of carbonyl (C=O) groups is 1. The van der Waals surface area contributed by atoms with Crippen LogP contribution in [0.25, 0.3) is 10.9 Å². The third kappa shape index (κ3) is 2.28. The number of nitrogens with zero attached hydrogens (tertiary/aromatic N) is 1. The van der Waals surface area contributed by atoms with Gasteiger partial charge in [-0.2, -0.15) is 0 Å². The van der Waals surface area contributed by atoms with E-state index in [9.17, 15) is 14.9 Å². The standard InChI is InChI=1S/C12H13N3O5/c1-20-9-3-2-8(15(18)19)10-6(5-14-11(9)10)4-7(13)12(16)17/h2-3,5,7,14H,4,13H2,1H3,(H,16,17). The Labute approximate surface area is 113 Å². The normalized spacial score (nSPS) is 12.3. The number of nitro benzene ring substituents is 1. The number of aliphatic carboxylic acids is 1. The number of aromatic amines is 1. The van der Waals surface area contributed by atoms with Gasteiger partial charge in [-0.1, -0.05) is 0 Å². The summed E-state index contributed by atoms with van der Waals surface area (Å²) in [7, 11) is 1.45. The topological polar surface area (TPSA) is 131 Å². The van der Waals surface area contributed by atoms with Crippen LogP contribution in [0.5, 0.6) is 5.75 Å². The van der Waals surface area contributed by atoms with E-state index in [1.807, 2.05) is 0 Å². The number of nitrogens with one attached hydrogen (secondary N) is 1. The fourth-order valence-corrected chi connectivity index (χ4v) is 2.08. The molecule has 4 N–H and O–H groups in total. The summed E-state index contributed by atoms with van der Waals surface area (Å²) in [6.45, 7) is 0. The van der Waals surface area contributed by atoms with Crippen molar-refractivity contribution in [3.05, 3.63) is 34.0 Å². The van der Waals surface area contributed by atoms with Gasteiger partial charge in [0.05, 0.1) is 22.9 Å². The second kappa shape index (κ2) is 5.17. The predicted molar refractivity (Wildman–Crippen MR) is 70.8 cm³/mol. The van der Waals surface area contributed by atoms with Gasteiger partial charge in [0.2, 0.25) is 0 Å². The molecule has 8 nitrogen and oxygen atoms in total. The van der Waals surface area contributed by atoms with Crippen LogP contribution < -0.4 is 10.5 Å². The van der Waals surface area contributed by atoms with Gasteiger partial charge in [0.15, 0.2) is 0 Å². The number of nitrogens with two attached hydrogens (primary N) is 1. The van der Waals surface area contributed by atoms with Gasteiger partial charge in [-0.3, -0.25) is 14.9 Å². The van der Waals surface area contributed by atoms with Crippen LogP contribution >= 0.6 is 0 Å². The molecule has 0 aliphatic carbocycles. The molecule has 8 heteroatoms. The summed E-state index contributed by atoms with van der Waals surface area (Å²) in [4.78, 5) is 24.2. The van der Waals surface area contributed by atoms with Gasteiger partial charge in [0.25, 0.3) is 5.69 Å². The minimum absolute atomic E-state index is 0.0106. The molecule has 2 rings (SSSR count). The molecule has 0 aliphatic heterocycles. The van der Waals surface area contributed by atoms with Gasteiger partial charge >= 0.3 is 5.97 Å². The monoisotopic (exact) mass is 279 g/mol. The molecule has 0 bridgehead atoms. The minimum Gasteiger partial charge on any atom is -0.495 e. The molecular formula is C12H13N3O5. The Kier molecular flexibility index (Phi) is 3.57. The summed E-state index contributed by atoms with van der Waals surface area (Å²) in [5.74, 6) is -0.717. The Morgan fingerprint density at radius 2 is 2.30 bits per heavy atom. The molecule has 106 valence electrons. The average molecular weight is 279 g/mol. The summed E-state index contributed by atoms with van der Waals surface area (Å²) in [6, 6.07) is 1.68. The van der Waals surface area contributed by atoms with E-state index in [0.717, 1.165) is 0 Å². The van der Waals surface area contributed by atoms with Crippen molar-refractivity contribution in [2.24, 2.45) is 5.73 Å². The van der Waals surface area contributed by atoms with Gasteiger partial charge in [-0.05, 0) is 11.6 Å². The number of methoxy groups -OCH3 is 1. The van der Waals surface area contributed by atoms with Gasteiger partial charge in [-0.15, -0.1) is 0 Å². The number of fused-ring (bicyclic) bond motifs is 1. The third-order valence-corrected chi connectivity index (χ3v) is 3.03. The van der Waals surface area contributed by atoms with E-state index >= 15 is 0 Å². The van der Waals surface area contributed by atoms with Gasteiger partial charge in [0, 0.05) is 18.7 Å². The number of nitro groups is 1. The van der Waals surface area contributed by atoms with E-state index in [1.54, 1.807) is 0 Å². The van der Waals surface area contributed by atoms with Crippen molar-refractivity contribution < 1.29 is 19.6 Å². The summed E-state index contributed by atoms with van der Waals surface area (Å²) in [5, 5.41) is 20.3. The molecule has 0 amide bonds. The molecule has 20 heavy (non-hydrogen) atoms. The summed E-state index contributed by atoms with van der Waals surface area (Å²) in [5.41, 5.74) is 6.29. The van der Waals surface area contributed by atoms with Crippen molar-refractivity contribution in [2.45, 2.75) is 12.5 Å². The van der Waals surface area contributed by atoms with Gasteiger partial charge in [0.1, 0.15) is 11.8 Å². The van der Waals surface area contributed by atoms with Crippen LogP contribution in [0.3, 0.4) is 0 Å². The number of rotatable bonds is 5. The molecule has 0 fully saturated rings. The number of hydrogen-bond acceptors (Lipinski definition) is 5. The lowest BCUT2D eigenvalue weighted by molar-refractivity contribution is -0.383. The minimum atomic E-state index is -1.16. The number of non-ortho nitro benzene ring substituents is 1. The number of aromatic nitrogens is 1. The van der Waals surface area contributed by atoms with Gasteiger partial charge < -0.3 is 20.6 Å². The molecular weight excluding hydrogens is 266 g/mol. The molecule has 0 saturated carbocycles. The van der Waals surface area contributed by atoms with Crippen LogP contribution in [-0.2, 0) is 11.2 Å². The van der Waals surface area contributed by atoms with E-state index in [1.165, 1.54) is 25.4 Å². The highest BCUT2D eigenvalue weighted by atomic mass is 16.6. The molecule has 1 heterocycles. The van der Waals surface area contributed by atoms with Crippen LogP contribution in [0.4, 0.5) is 5.69 Å². The molecule has 1 aromatic heterocycles. The molecule has 1 unspecified atom stereocenters. The predicted octanol–water partition coefficient (Wildman–Crippen LogP) is 1.04. The molecule has 0 saturated heterocycles. The Bertz CT molecular complexity index is 679. The molecule has 0 aliphatic rings. The average Bonchev–Trinajstić information content (AvgIpc) is 2.81. The summed E-state index contributed by atoms with van der Waals surface area (Å²) >= 11 is 0. The lowest BCUT2D eigenvalue weighted by Gasteiger charge is -2.06. The maximum Gasteiger partial charge on any atom is 0.320 e. The largest absolute Gasteiger partial charge is 0.495 e. The molecule has 1 atom stereocenters. The van der Waals surface area contributed by atoms with Crippen molar-refractivity contribution in [1.29, 1.82) is 0 Å². The highest BCUT2D eigenvalue weighted by Gasteiger charge is 2.22. The first-order chi connectivity index (χ1) is 9.45. The number of hydrogen-bond donors (Lipinski definition) is 3. The number of H-pyrrole nitrogens is 1. The first-order valence-corrected chi connectivity index (χ1v) is 5.75. The Balaban J connectivity index is 2.61. The molecule has 1 aromatic carbocycles. The van der Waals surface area contributed by atoms with Crippen molar-refractivity contribution in [3.63, 3.8) is 0 Å². The van der Waals surface area contributed by atoms with E-state index < -0.39 is 16.9 Å². The zero-order chi connectivity index (χ0) is 14.9. The van der Waals surface area contributed by atoms with Crippen LogP contribution in [0, 0.1) is 10.1 Å². The van der Waals surface area contributed by atoms with Crippen LogP contribution in [0.1, 0.15) is 5.56 Å². The number of carboxylic acids is 1. The Morgan fingerprint density at radius 3 is 2.85 bits per heavy atom.